The average molecular weight is 618 g/mol. The molecule has 0 aliphatic carbocycles. The van der Waals surface area contributed by atoms with Gasteiger partial charge in [-0.2, -0.15) is 0 Å². The summed E-state index contributed by atoms with van der Waals surface area (Å²) in [7, 11) is 0. The van der Waals surface area contributed by atoms with Crippen LogP contribution in [0.15, 0.2) is 24.4 Å². The van der Waals surface area contributed by atoms with Gasteiger partial charge in [0.05, 0.1) is 25.4 Å². The van der Waals surface area contributed by atoms with Gasteiger partial charge in [0.15, 0.2) is 6.20 Å². The van der Waals surface area contributed by atoms with Gasteiger partial charge in [0.25, 0.3) is 0 Å². The van der Waals surface area contributed by atoms with Crippen molar-refractivity contribution in [3.8, 4) is 0 Å². The average Bonchev–Trinajstić information content (AvgIpc) is 3.48. The van der Waals surface area contributed by atoms with Crippen LogP contribution in [0.4, 0.5) is 4.79 Å². The van der Waals surface area contributed by atoms with E-state index in [-0.39, 0.29) is 18.6 Å². The van der Waals surface area contributed by atoms with Crippen molar-refractivity contribution in [2.75, 3.05) is 19.8 Å². The number of ether oxygens (including phenoxy) is 3. The summed E-state index contributed by atoms with van der Waals surface area (Å²) in [4.78, 5) is 25.8. The number of hydrogen-bond acceptors (Lipinski definition) is 5. The van der Waals surface area contributed by atoms with Crippen LogP contribution in [0.1, 0.15) is 155 Å². The minimum absolute atomic E-state index is 0.213. The minimum Gasteiger partial charge on any atom is -0.449 e. The molecule has 44 heavy (non-hydrogen) atoms. The van der Waals surface area contributed by atoms with Crippen molar-refractivity contribution in [1.82, 2.24) is 4.90 Å². The van der Waals surface area contributed by atoms with Crippen LogP contribution >= 0.6 is 0 Å². The highest BCUT2D eigenvalue weighted by Gasteiger charge is 2.25. The van der Waals surface area contributed by atoms with Gasteiger partial charge in [0, 0.05) is 25.7 Å². The molecule has 1 saturated heterocycles. The fraction of sp³-hybridized carbons (Fsp3) is 0.811. The van der Waals surface area contributed by atoms with Gasteiger partial charge in [0.2, 0.25) is 11.6 Å². The fourth-order valence-electron chi connectivity index (χ4n) is 6.05. The largest absolute Gasteiger partial charge is 0.449 e. The van der Waals surface area contributed by atoms with E-state index in [4.69, 9.17) is 14.2 Å². The van der Waals surface area contributed by atoms with E-state index in [9.17, 15) is 9.59 Å². The van der Waals surface area contributed by atoms with Crippen molar-refractivity contribution in [2.45, 2.75) is 174 Å². The molecule has 1 fully saturated rings. The van der Waals surface area contributed by atoms with Crippen molar-refractivity contribution < 1.29 is 28.4 Å². The quantitative estimate of drug-likeness (QED) is 0.0766. The van der Waals surface area contributed by atoms with Gasteiger partial charge in [-0.25, -0.2) is 14.3 Å². The number of aromatic nitrogens is 1. The van der Waals surface area contributed by atoms with Crippen LogP contribution < -0.4 is 4.57 Å². The van der Waals surface area contributed by atoms with Gasteiger partial charge in [0.1, 0.15) is 13.1 Å². The number of carbonyl (C=O) groups excluding carboxylic acids is 2. The van der Waals surface area contributed by atoms with E-state index < -0.39 is 6.09 Å². The van der Waals surface area contributed by atoms with E-state index in [1.54, 1.807) is 0 Å². The molecule has 7 nitrogen and oxygen atoms in total. The summed E-state index contributed by atoms with van der Waals surface area (Å²) in [6, 6.07) is 5.77. The predicted molar refractivity (Wildman–Crippen MR) is 177 cm³/mol. The molecular formula is C37H65N2O5+. The van der Waals surface area contributed by atoms with Crippen molar-refractivity contribution in [1.29, 1.82) is 0 Å². The van der Waals surface area contributed by atoms with Crippen LogP contribution in [0.3, 0.4) is 0 Å². The molecule has 1 aromatic rings. The molecule has 0 saturated carbocycles. The number of amides is 2. The smallest absolute Gasteiger partial charge is 0.417 e. The number of rotatable bonds is 26. The molecule has 0 spiro atoms. The molecule has 0 N–H and O–H groups in total. The zero-order chi connectivity index (χ0) is 31.7. The number of nitrogens with zero attached hydrogens (tertiary/aromatic N) is 2. The van der Waals surface area contributed by atoms with Crippen LogP contribution in [-0.2, 0) is 32.1 Å². The molecular weight excluding hydrogens is 552 g/mol. The molecule has 1 aromatic heterocycles. The summed E-state index contributed by atoms with van der Waals surface area (Å²) in [6.07, 6.45) is 27.5. The Labute approximate surface area is 269 Å². The van der Waals surface area contributed by atoms with Gasteiger partial charge < -0.3 is 14.2 Å². The molecule has 0 radical (unpaired) electrons. The van der Waals surface area contributed by atoms with E-state index in [1.807, 2.05) is 35.9 Å². The van der Waals surface area contributed by atoms with E-state index in [1.165, 1.54) is 108 Å². The van der Waals surface area contributed by atoms with Gasteiger partial charge in [-0.1, -0.05) is 103 Å². The van der Waals surface area contributed by atoms with E-state index >= 15 is 0 Å². The van der Waals surface area contributed by atoms with Crippen LogP contribution in [0.5, 0.6) is 0 Å². The topological polar surface area (TPSA) is 69.0 Å². The summed E-state index contributed by atoms with van der Waals surface area (Å²) in [5.41, 5.74) is 0.899. The molecule has 252 valence electrons. The van der Waals surface area contributed by atoms with Crippen LogP contribution in [0.2, 0.25) is 0 Å². The second-order valence-corrected chi connectivity index (χ2v) is 12.7. The molecule has 0 unspecified atom stereocenters. The molecule has 1 aliphatic rings. The third kappa shape index (κ3) is 17.5. The van der Waals surface area contributed by atoms with E-state index in [0.29, 0.717) is 19.3 Å². The summed E-state index contributed by atoms with van der Waals surface area (Å²) in [5.74, 6) is -0.309. The second-order valence-electron chi connectivity index (χ2n) is 12.7. The predicted octanol–water partition coefficient (Wildman–Crippen LogP) is 9.09. The Balaban J connectivity index is 1.38. The maximum Gasteiger partial charge on any atom is 0.417 e. The van der Waals surface area contributed by atoms with E-state index in [0.717, 1.165) is 50.9 Å². The number of imide groups is 1. The van der Waals surface area contributed by atoms with Crippen molar-refractivity contribution in [3.63, 3.8) is 0 Å². The highest BCUT2D eigenvalue weighted by atomic mass is 16.6. The number of hydrogen-bond donors (Lipinski definition) is 0. The maximum atomic E-state index is 12.5. The highest BCUT2D eigenvalue weighted by molar-refractivity contribution is 5.90. The monoisotopic (exact) mass is 617 g/mol. The lowest BCUT2D eigenvalue weighted by molar-refractivity contribution is -0.701. The van der Waals surface area contributed by atoms with Crippen molar-refractivity contribution in [2.24, 2.45) is 0 Å². The molecule has 2 atom stereocenters. The Bertz CT molecular complexity index is 879. The molecule has 0 aromatic carbocycles. The van der Waals surface area contributed by atoms with Gasteiger partial charge in [-0.05, 0) is 45.4 Å². The molecule has 2 amide bonds. The lowest BCUT2D eigenvalue weighted by atomic mass is 10.0. The SMILES string of the molecule is CCCCCCCCCCCCCCC[C@H]1CC[C@@H](COCCCCCCOC(=O)N(Cc2cccc[n+]2CC)C(C)=O)O1. The number of aryl methyl sites for hydroxylation is 1. The molecule has 7 heteroatoms. The summed E-state index contributed by atoms with van der Waals surface area (Å²) < 4.78 is 19.6. The summed E-state index contributed by atoms with van der Waals surface area (Å²) in [5, 5.41) is 0. The van der Waals surface area contributed by atoms with Crippen molar-refractivity contribution >= 4 is 12.0 Å². The first-order valence-electron chi connectivity index (χ1n) is 18.2. The van der Waals surface area contributed by atoms with Gasteiger partial charge in [-0.3, -0.25) is 4.79 Å². The van der Waals surface area contributed by atoms with Crippen molar-refractivity contribution in [3.05, 3.63) is 30.1 Å². The molecule has 1 aliphatic heterocycles. The third-order valence-corrected chi connectivity index (χ3v) is 8.83. The number of carbonyl (C=O) groups is 2. The third-order valence-electron chi connectivity index (χ3n) is 8.83. The molecule has 2 rings (SSSR count). The standard InChI is InChI=1S/C37H65N2O5/c1-4-6-7-8-9-10-11-12-13-14-15-16-19-25-35-26-27-36(44-35)32-42-29-22-17-18-23-30-43-37(41)39(33(3)40)31-34-24-20-21-28-38(34)5-2/h20-21,24,28,35-36H,4-19,22-23,25-27,29-32H2,1-3H3/q+1/t35-,36-/m0/s1. The van der Waals surface area contributed by atoms with Crippen LogP contribution in [0.25, 0.3) is 0 Å². The number of pyridine rings is 1. The summed E-state index contributed by atoms with van der Waals surface area (Å²) in [6.45, 7) is 8.47. The first-order valence-corrected chi connectivity index (χ1v) is 18.2. The summed E-state index contributed by atoms with van der Waals surface area (Å²) >= 11 is 0. The zero-order valence-corrected chi connectivity index (χ0v) is 28.6. The Morgan fingerprint density at radius 2 is 1.39 bits per heavy atom. The Hall–Kier alpha value is -1.99. The van der Waals surface area contributed by atoms with Crippen LogP contribution in [-0.4, -0.2) is 48.9 Å². The lowest BCUT2D eigenvalue weighted by Crippen LogP contribution is -2.43. The Morgan fingerprint density at radius 1 is 0.795 bits per heavy atom. The minimum atomic E-state index is -0.573. The fourth-order valence-corrected chi connectivity index (χ4v) is 6.05. The second kappa shape index (κ2) is 25.2. The van der Waals surface area contributed by atoms with Gasteiger partial charge in [-0.15, -0.1) is 0 Å². The van der Waals surface area contributed by atoms with Crippen LogP contribution in [0, 0.1) is 0 Å². The zero-order valence-electron chi connectivity index (χ0n) is 28.6. The first kappa shape index (κ1) is 38.2. The normalized spacial score (nSPS) is 16.3. The lowest BCUT2D eigenvalue weighted by Gasteiger charge is -2.17. The highest BCUT2D eigenvalue weighted by Crippen LogP contribution is 2.24. The number of unbranched alkanes of at least 4 members (excludes halogenated alkanes) is 15. The first-order chi connectivity index (χ1) is 21.5. The van der Waals surface area contributed by atoms with Gasteiger partial charge >= 0.3 is 6.09 Å². The Kier molecular flexibility index (Phi) is 21.9. The van der Waals surface area contributed by atoms with E-state index in [2.05, 4.69) is 6.92 Å². The maximum absolute atomic E-state index is 12.5. The molecule has 0 bridgehead atoms. The molecule has 2 heterocycles. The Morgan fingerprint density at radius 3 is 2.02 bits per heavy atom.